The number of piperidine rings is 1. The van der Waals surface area contributed by atoms with Crippen molar-refractivity contribution in [3.05, 3.63) is 58.9 Å². The quantitative estimate of drug-likeness (QED) is 0.582. The maximum absolute atomic E-state index is 15.3. The lowest BCUT2D eigenvalue weighted by atomic mass is 9.94. The highest BCUT2D eigenvalue weighted by molar-refractivity contribution is 5.98. The van der Waals surface area contributed by atoms with Gasteiger partial charge >= 0.3 is 6.09 Å². The van der Waals surface area contributed by atoms with Gasteiger partial charge in [0.2, 0.25) is 5.91 Å². The van der Waals surface area contributed by atoms with Crippen LogP contribution in [-0.4, -0.2) is 58.5 Å². The number of carbonyl (C=O) groups is 3. The molecule has 8 nitrogen and oxygen atoms in total. The normalized spacial score (nSPS) is 28.2. The molecule has 3 unspecified atom stereocenters. The molecule has 2 aromatic rings. The van der Waals surface area contributed by atoms with Crippen molar-refractivity contribution in [2.75, 3.05) is 7.05 Å². The second kappa shape index (κ2) is 9.57. The summed E-state index contributed by atoms with van der Waals surface area (Å²) >= 11 is 0. The average molecular weight is 559 g/mol. The topological polar surface area (TPSA) is 103 Å². The van der Waals surface area contributed by atoms with Gasteiger partial charge in [0.05, 0.1) is 6.07 Å². The lowest BCUT2D eigenvalue weighted by molar-refractivity contribution is -0.128. The Morgan fingerprint density at radius 2 is 1.88 bits per heavy atom. The Labute approximate surface area is 239 Å². The minimum atomic E-state index is -0.962. The Bertz CT molecular complexity index is 1490. The first-order chi connectivity index (χ1) is 19.4. The van der Waals surface area contributed by atoms with Crippen LogP contribution in [0.4, 0.5) is 9.18 Å². The molecule has 6 rings (SSSR count). The third-order valence-electron chi connectivity index (χ3n) is 9.28. The van der Waals surface area contributed by atoms with Gasteiger partial charge in [-0.1, -0.05) is 25.1 Å². The van der Waals surface area contributed by atoms with Gasteiger partial charge < -0.3 is 15.0 Å². The highest BCUT2D eigenvalue weighted by Gasteiger charge is 2.71. The summed E-state index contributed by atoms with van der Waals surface area (Å²) in [5.41, 5.74) is 2.64. The molecule has 7 atom stereocenters. The van der Waals surface area contributed by atoms with Gasteiger partial charge in [-0.25, -0.2) is 9.18 Å². The predicted octanol–water partition coefficient (Wildman–Crippen LogP) is 4.52. The number of carbonyl (C=O) groups excluding carboxylic acids is 3. The first-order valence-electron chi connectivity index (χ1n) is 14.3. The monoisotopic (exact) mass is 558 g/mol. The lowest BCUT2D eigenvalue weighted by Gasteiger charge is -2.35. The van der Waals surface area contributed by atoms with E-state index in [0.717, 1.165) is 17.5 Å². The van der Waals surface area contributed by atoms with E-state index in [1.165, 1.54) is 6.07 Å². The molecule has 9 heteroatoms. The number of hydrogen-bond donors (Lipinski definition) is 1. The van der Waals surface area contributed by atoms with E-state index in [0.29, 0.717) is 41.0 Å². The van der Waals surface area contributed by atoms with Crippen molar-refractivity contribution in [1.82, 2.24) is 15.1 Å². The molecule has 0 radical (unpaired) electrons. The highest BCUT2D eigenvalue weighted by Crippen LogP contribution is 2.67. The number of benzene rings is 2. The van der Waals surface area contributed by atoms with Crippen LogP contribution >= 0.6 is 0 Å². The Balaban J connectivity index is 1.16. The summed E-state index contributed by atoms with van der Waals surface area (Å²) in [5.74, 6) is 0.389. The second-order valence-corrected chi connectivity index (χ2v) is 13.0. The molecule has 2 aliphatic heterocycles. The van der Waals surface area contributed by atoms with Crippen molar-refractivity contribution in [3.63, 3.8) is 0 Å². The number of halogens is 1. The van der Waals surface area contributed by atoms with Gasteiger partial charge in [0.15, 0.2) is 0 Å². The molecule has 2 aromatic carbocycles. The number of hydrogen-bond acceptors (Lipinski definition) is 5. The molecule has 2 bridgehead atoms. The first kappa shape index (κ1) is 27.3. The van der Waals surface area contributed by atoms with Gasteiger partial charge in [-0.15, -0.1) is 0 Å². The van der Waals surface area contributed by atoms with Gasteiger partial charge in [0, 0.05) is 31.6 Å². The minimum Gasteiger partial charge on any atom is -0.444 e. The minimum absolute atomic E-state index is 0.00640. The number of likely N-dealkylation sites (tertiary alicyclic amines) is 1. The zero-order chi connectivity index (χ0) is 29.4. The maximum Gasteiger partial charge on any atom is 0.411 e. The van der Waals surface area contributed by atoms with E-state index >= 15 is 4.39 Å². The Kier molecular flexibility index (Phi) is 6.36. The number of nitriles is 1. The molecule has 214 valence electrons. The molecule has 41 heavy (non-hydrogen) atoms. The van der Waals surface area contributed by atoms with Crippen molar-refractivity contribution >= 4 is 17.9 Å². The fourth-order valence-electron chi connectivity index (χ4n) is 7.48. The largest absolute Gasteiger partial charge is 0.444 e. The Hall–Kier alpha value is -3.93. The van der Waals surface area contributed by atoms with E-state index in [-0.39, 0.29) is 30.2 Å². The van der Waals surface area contributed by atoms with Crippen LogP contribution in [0.3, 0.4) is 0 Å². The predicted molar refractivity (Wildman–Crippen MR) is 149 cm³/mol. The van der Waals surface area contributed by atoms with Gasteiger partial charge in [0.1, 0.15) is 23.5 Å². The van der Waals surface area contributed by atoms with Crippen LogP contribution in [-0.2, 0) is 22.5 Å². The molecule has 4 aliphatic rings. The van der Waals surface area contributed by atoms with Gasteiger partial charge in [-0.3, -0.25) is 14.5 Å². The fourth-order valence-corrected chi connectivity index (χ4v) is 7.48. The van der Waals surface area contributed by atoms with Crippen molar-refractivity contribution in [2.45, 2.75) is 70.8 Å². The van der Waals surface area contributed by atoms with E-state index in [4.69, 9.17) is 4.74 Å². The van der Waals surface area contributed by atoms with Crippen LogP contribution in [0.5, 0.6) is 0 Å². The molecule has 0 aromatic heterocycles. The number of rotatable bonds is 5. The fraction of sp³-hybridized carbons (Fsp3) is 0.500. The summed E-state index contributed by atoms with van der Waals surface area (Å²) < 4.78 is 20.9. The van der Waals surface area contributed by atoms with E-state index in [2.05, 4.69) is 18.3 Å². The van der Waals surface area contributed by atoms with Gasteiger partial charge in [-0.05, 0) is 91.3 Å². The Morgan fingerprint density at radius 1 is 1.17 bits per heavy atom. The average Bonchev–Trinajstić information content (AvgIpc) is 3.17. The number of nitrogens with zero attached hydrogens (tertiary/aromatic N) is 3. The van der Waals surface area contributed by atoms with Gasteiger partial charge in [-0.2, -0.15) is 5.26 Å². The molecule has 2 saturated carbocycles. The number of amides is 3. The zero-order valence-electron chi connectivity index (χ0n) is 24.0. The molecular formula is C32H35FN4O4. The molecule has 1 N–H and O–H groups in total. The third-order valence-corrected chi connectivity index (χ3v) is 9.28. The molecule has 0 spiro atoms. The Morgan fingerprint density at radius 3 is 2.56 bits per heavy atom. The summed E-state index contributed by atoms with van der Waals surface area (Å²) in [6.45, 7) is 8.07. The van der Waals surface area contributed by atoms with E-state index in [1.807, 2.05) is 6.07 Å². The van der Waals surface area contributed by atoms with Crippen molar-refractivity contribution in [1.29, 1.82) is 5.26 Å². The van der Waals surface area contributed by atoms with E-state index < -0.39 is 29.6 Å². The number of nitrogens with one attached hydrogen (secondary N) is 1. The van der Waals surface area contributed by atoms with Crippen molar-refractivity contribution in [3.8, 4) is 17.2 Å². The molecule has 2 heterocycles. The number of ether oxygens (including phenoxy) is 1. The summed E-state index contributed by atoms with van der Waals surface area (Å²) in [4.78, 5) is 42.2. The summed E-state index contributed by atoms with van der Waals surface area (Å²) in [6.07, 6.45) is 0.255. The summed E-state index contributed by atoms with van der Waals surface area (Å²) in [7, 11) is 1.75. The second-order valence-electron chi connectivity index (χ2n) is 13.0. The third kappa shape index (κ3) is 4.63. The molecular weight excluding hydrogens is 523 g/mol. The SMILES string of the molecule is CC1C2C1[C@@H]1C[C@H]2[C@@H](C(=O)N[C@H](C#N)Cc2ccc(-c3ccc4c(c3)CN(C)C4=O)cc2F)N1C(=O)OC(C)(C)C. The van der Waals surface area contributed by atoms with Crippen LogP contribution in [0.15, 0.2) is 36.4 Å². The molecule has 1 saturated heterocycles. The zero-order valence-corrected chi connectivity index (χ0v) is 24.0. The smallest absolute Gasteiger partial charge is 0.411 e. The highest BCUT2D eigenvalue weighted by atomic mass is 19.1. The van der Waals surface area contributed by atoms with Crippen LogP contribution in [0.2, 0.25) is 0 Å². The van der Waals surface area contributed by atoms with Gasteiger partial charge in [0.25, 0.3) is 5.91 Å². The van der Waals surface area contributed by atoms with E-state index in [1.54, 1.807) is 61.9 Å². The molecule has 3 amide bonds. The summed E-state index contributed by atoms with van der Waals surface area (Å²) in [5, 5.41) is 12.7. The first-order valence-corrected chi connectivity index (χ1v) is 14.3. The van der Waals surface area contributed by atoms with Crippen LogP contribution in [0, 0.1) is 40.8 Å². The summed E-state index contributed by atoms with van der Waals surface area (Å²) in [6, 6.07) is 10.7. The molecule has 3 fully saturated rings. The van der Waals surface area contributed by atoms with Crippen molar-refractivity contribution < 1.29 is 23.5 Å². The van der Waals surface area contributed by atoms with Crippen LogP contribution in [0.1, 0.15) is 55.6 Å². The molecule has 2 aliphatic carbocycles. The standard InChI is InChI=1S/C32H35FN4O4/c1-16-26-23-13-25(27(16)26)37(31(40)41-32(2,3)4)28(23)29(38)35-21(14-34)11-19-7-6-18(12-24(19)33)17-8-9-22-20(10-17)15-36(5)30(22)39/h6-10,12,16,21,23,25-28H,11,13,15H2,1-5H3,(H,35,38)/t16?,21-,23+,25-,26?,27?,28-/m0/s1. The van der Waals surface area contributed by atoms with Crippen molar-refractivity contribution in [2.24, 2.45) is 23.7 Å². The number of fused-ring (bicyclic) bond motifs is 6. The maximum atomic E-state index is 15.3. The van der Waals surface area contributed by atoms with Crippen LogP contribution < -0.4 is 5.32 Å². The van der Waals surface area contributed by atoms with Crippen LogP contribution in [0.25, 0.3) is 11.1 Å². The van der Waals surface area contributed by atoms with E-state index in [9.17, 15) is 19.6 Å². The lowest BCUT2D eigenvalue weighted by Crippen LogP contribution is -2.56.